The summed E-state index contributed by atoms with van der Waals surface area (Å²) in [5, 5.41) is 5.62. The lowest BCUT2D eigenvalue weighted by molar-refractivity contribution is 0.0535. The monoisotopic (exact) mass is 531 g/mol. The maximum absolute atomic E-state index is 12.6. The van der Waals surface area contributed by atoms with Crippen LogP contribution in [0.3, 0.4) is 0 Å². The first-order valence-electron chi connectivity index (χ1n) is 13.0. The number of aromatic nitrogens is 3. The van der Waals surface area contributed by atoms with Crippen molar-refractivity contribution in [2.45, 2.75) is 19.6 Å². The highest BCUT2D eigenvalue weighted by Crippen LogP contribution is 2.26. The van der Waals surface area contributed by atoms with E-state index in [2.05, 4.69) is 27.4 Å². The number of esters is 1. The van der Waals surface area contributed by atoms with Crippen LogP contribution in [0, 0.1) is 0 Å². The molecule has 0 aliphatic carbocycles. The van der Waals surface area contributed by atoms with Gasteiger partial charge in [-0.1, -0.05) is 0 Å². The number of nitrogens with zero attached hydrogens (tertiary/aromatic N) is 5. The summed E-state index contributed by atoms with van der Waals surface area (Å²) >= 11 is 0. The van der Waals surface area contributed by atoms with Gasteiger partial charge in [-0.3, -0.25) is 0 Å². The van der Waals surface area contributed by atoms with E-state index >= 15 is 0 Å². The molecular formula is C27H29N7O5. The van der Waals surface area contributed by atoms with Crippen molar-refractivity contribution in [1.82, 2.24) is 15.0 Å². The van der Waals surface area contributed by atoms with E-state index in [1.807, 2.05) is 12.1 Å². The summed E-state index contributed by atoms with van der Waals surface area (Å²) in [6, 6.07) is 12.2. The molecule has 2 saturated heterocycles. The smallest absolute Gasteiger partial charge is 0.338 e. The number of anilines is 4. The van der Waals surface area contributed by atoms with Crippen LogP contribution in [0.15, 0.2) is 42.5 Å². The Hall–Kier alpha value is -4.29. The lowest BCUT2D eigenvalue weighted by atomic mass is 10.1. The van der Waals surface area contributed by atoms with Gasteiger partial charge >= 0.3 is 12.0 Å². The molecule has 202 valence electrons. The fourth-order valence-corrected chi connectivity index (χ4v) is 4.75. The van der Waals surface area contributed by atoms with E-state index in [1.165, 1.54) is 0 Å². The summed E-state index contributed by atoms with van der Waals surface area (Å²) in [6.45, 7) is 6.95. The zero-order valence-corrected chi connectivity index (χ0v) is 21.6. The first-order chi connectivity index (χ1) is 19.0. The molecular weight excluding hydrogens is 502 g/mol. The molecule has 12 nitrogen and oxygen atoms in total. The van der Waals surface area contributed by atoms with Crippen LogP contribution in [0.5, 0.6) is 0 Å². The molecule has 0 radical (unpaired) electrons. The van der Waals surface area contributed by atoms with Crippen LogP contribution in [0.2, 0.25) is 0 Å². The van der Waals surface area contributed by atoms with Crippen molar-refractivity contribution >= 4 is 35.3 Å². The number of fused-ring (bicyclic) bond motifs is 1. The van der Waals surface area contributed by atoms with Crippen molar-refractivity contribution in [3.63, 3.8) is 0 Å². The van der Waals surface area contributed by atoms with Crippen molar-refractivity contribution in [3.05, 3.63) is 53.6 Å². The van der Waals surface area contributed by atoms with Crippen LogP contribution in [0.1, 0.15) is 22.8 Å². The van der Waals surface area contributed by atoms with E-state index in [1.54, 1.807) is 30.3 Å². The number of amides is 2. The quantitative estimate of drug-likeness (QED) is 0.474. The van der Waals surface area contributed by atoms with Crippen LogP contribution < -0.4 is 20.4 Å². The molecule has 0 unspecified atom stereocenters. The van der Waals surface area contributed by atoms with Crippen molar-refractivity contribution in [3.8, 4) is 11.4 Å². The Labute approximate surface area is 225 Å². The highest BCUT2D eigenvalue weighted by atomic mass is 16.5. The lowest BCUT2D eigenvalue weighted by Gasteiger charge is -2.34. The second-order valence-corrected chi connectivity index (χ2v) is 9.58. The Bertz CT molecular complexity index is 1380. The largest absolute Gasteiger partial charge is 0.457 e. The number of ether oxygens (including phenoxy) is 3. The van der Waals surface area contributed by atoms with Gasteiger partial charge in [-0.2, -0.15) is 15.0 Å². The van der Waals surface area contributed by atoms with Gasteiger partial charge in [0.1, 0.15) is 6.61 Å². The lowest BCUT2D eigenvalue weighted by Crippen LogP contribution is -2.45. The predicted molar refractivity (Wildman–Crippen MR) is 144 cm³/mol. The van der Waals surface area contributed by atoms with Crippen LogP contribution in [-0.2, 0) is 20.8 Å². The second-order valence-electron chi connectivity index (χ2n) is 9.58. The van der Waals surface area contributed by atoms with Gasteiger partial charge in [-0.25, -0.2) is 9.59 Å². The van der Waals surface area contributed by atoms with Gasteiger partial charge in [0.2, 0.25) is 11.9 Å². The zero-order valence-electron chi connectivity index (χ0n) is 21.6. The van der Waals surface area contributed by atoms with Crippen LogP contribution >= 0.6 is 0 Å². The van der Waals surface area contributed by atoms with Crippen molar-refractivity contribution in [2.75, 3.05) is 66.5 Å². The summed E-state index contributed by atoms with van der Waals surface area (Å²) < 4.78 is 16.1. The van der Waals surface area contributed by atoms with Gasteiger partial charge in [-0.05, 0) is 49.4 Å². The third-order valence-electron chi connectivity index (χ3n) is 6.87. The standard InChI is InChI=1S/C27H29N7O5/c1-17-15-38-13-10-34(17)26-31-23(30-25(32-26)33-8-11-37-12-9-33)18-2-4-20(5-3-18)28-27(36)29-21-6-7-22-19(14-21)16-39-24(22)35/h2-7,14,17H,8-13,15-16H2,1H3,(H2,28,29,36)/t17-/m0/s1. The Balaban J connectivity index is 1.19. The predicted octanol–water partition coefficient (Wildman–Crippen LogP) is 2.91. The van der Waals surface area contributed by atoms with E-state index < -0.39 is 6.03 Å². The molecule has 2 aromatic carbocycles. The Morgan fingerprint density at radius 2 is 1.62 bits per heavy atom. The summed E-state index contributed by atoms with van der Waals surface area (Å²) in [7, 11) is 0. The second kappa shape index (κ2) is 10.8. The minimum atomic E-state index is -0.397. The SMILES string of the molecule is C[C@H]1COCCN1c1nc(-c2ccc(NC(=O)Nc3ccc4c(c3)COC4=O)cc2)nc(N2CCOCC2)n1. The molecule has 2 N–H and O–H groups in total. The molecule has 1 aromatic heterocycles. The molecule has 3 aliphatic heterocycles. The molecule has 0 spiro atoms. The normalized spacial score (nSPS) is 18.9. The molecule has 3 aliphatic rings. The number of morpholine rings is 2. The number of nitrogens with one attached hydrogen (secondary N) is 2. The van der Waals surface area contributed by atoms with Gasteiger partial charge < -0.3 is 34.6 Å². The number of hydrogen-bond donors (Lipinski definition) is 2. The first kappa shape index (κ1) is 25.0. The summed E-state index contributed by atoms with van der Waals surface area (Å²) in [5.41, 5.74) is 3.27. The fraction of sp³-hybridized carbons (Fsp3) is 0.370. The van der Waals surface area contributed by atoms with E-state index in [0.717, 1.165) is 11.1 Å². The molecule has 4 heterocycles. The summed E-state index contributed by atoms with van der Waals surface area (Å²) in [4.78, 5) is 42.9. The van der Waals surface area contributed by atoms with E-state index in [4.69, 9.17) is 29.2 Å². The number of hydrogen-bond acceptors (Lipinski definition) is 10. The summed E-state index contributed by atoms with van der Waals surface area (Å²) in [6.07, 6.45) is 0. The van der Waals surface area contributed by atoms with Crippen LogP contribution in [0.25, 0.3) is 11.4 Å². The minimum absolute atomic E-state index is 0.148. The molecule has 2 fully saturated rings. The number of rotatable bonds is 5. The molecule has 6 rings (SSSR count). The number of cyclic esters (lactones) is 1. The van der Waals surface area contributed by atoms with Gasteiger partial charge in [-0.15, -0.1) is 0 Å². The molecule has 0 saturated carbocycles. The third-order valence-corrected chi connectivity index (χ3v) is 6.87. The number of benzene rings is 2. The third kappa shape index (κ3) is 5.47. The fourth-order valence-electron chi connectivity index (χ4n) is 4.75. The first-order valence-corrected chi connectivity index (χ1v) is 13.0. The number of carbonyl (C=O) groups excluding carboxylic acids is 2. The van der Waals surface area contributed by atoms with E-state index in [9.17, 15) is 9.59 Å². The maximum atomic E-state index is 12.6. The Morgan fingerprint density at radius 1 is 0.897 bits per heavy atom. The average Bonchev–Trinajstić information content (AvgIpc) is 3.33. The Kier molecular flexibility index (Phi) is 6.95. The Morgan fingerprint density at radius 3 is 2.41 bits per heavy atom. The molecule has 2 amide bonds. The molecule has 1 atom stereocenters. The van der Waals surface area contributed by atoms with Crippen molar-refractivity contribution in [1.29, 1.82) is 0 Å². The maximum Gasteiger partial charge on any atom is 0.338 e. The van der Waals surface area contributed by atoms with E-state index in [0.29, 0.717) is 80.7 Å². The topological polar surface area (TPSA) is 131 Å². The van der Waals surface area contributed by atoms with Gasteiger partial charge in [0.25, 0.3) is 0 Å². The highest BCUT2D eigenvalue weighted by Gasteiger charge is 2.25. The number of urea groups is 1. The van der Waals surface area contributed by atoms with Crippen LogP contribution in [0.4, 0.5) is 28.1 Å². The van der Waals surface area contributed by atoms with Crippen molar-refractivity contribution < 1.29 is 23.8 Å². The zero-order chi connectivity index (χ0) is 26.8. The number of carbonyl (C=O) groups is 2. The van der Waals surface area contributed by atoms with Crippen LogP contribution in [-0.4, -0.2) is 79.1 Å². The minimum Gasteiger partial charge on any atom is -0.457 e. The molecule has 39 heavy (non-hydrogen) atoms. The molecule has 3 aromatic rings. The van der Waals surface area contributed by atoms with Crippen molar-refractivity contribution in [2.24, 2.45) is 0 Å². The van der Waals surface area contributed by atoms with Gasteiger partial charge in [0.05, 0.1) is 38.0 Å². The highest BCUT2D eigenvalue weighted by molar-refractivity contribution is 6.01. The summed E-state index contributed by atoms with van der Waals surface area (Å²) in [5.74, 6) is 1.47. The van der Waals surface area contributed by atoms with Gasteiger partial charge in [0.15, 0.2) is 5.82 Å². The average molecular weight is 532 g/mol. The van der Waals surface area contributed by atoms with E-state index in [-0.39, 0.29) is 18.6 Å². The molecule has 0 bridgehead atoms. The molecule has 12 heteroatoms. The van der Waals surface area contributed by atoms with Gasteiger partial charge in [0, 0.05) is 42.1 Å².